The van der Waals surface area contributed by atoms with Crippen molar-refractivity contribution in [2.24, 2.45) is 0 Å². The van der Waals surface area contributed by atoms with Crippen LogP contribution >= 0.6 is 0 Å². The molecule has 1 aromatic heterocycles. The van der Waals surface area contributed by atoms with Crippen molar-refractivity contribution >= 4 is 5.82 Å². The van der Waals surface area contributed by atoms with Gasteiger partial charge in [0.2, 0.25) is 0 Å². The van der Waals surface area contributed by atoms with Crippen molar-refractivity contribution in [1.82, 2.24) is 15.1 Å². The molecular weight excluding hydrogens is 242 g/mol. The predicted octanol–water partition coefficient (Wildman–Crippen LogP) is 0.708. The number of nitriles is 1. The van der Waals surface area contributed by atoms with Crippen LogP contribution in [0.3, 0.4) is 0 Å². The molecule has 0 saturated carbocycles. The largest absolute Gasteiger partial charge is 0.374 e. The van der Waals surface area contributed by atoms with Crippen LogP contribution < -0.4 is 5.32 Å². The Kier molecular flexibility index (Phi) is 4.30. The number of nitrogens with zero attached hydrogens (tertiary/aromatic N) is 4. The Hall–Kier alpha value is -1.71. The number of rotatable bonds is 3. The molecule has 1 atom stereocenters. The van der Waals surface area contributed by atoms with Crippen LogP contribution in [0.2, 0.25) is 0 Å². The van der Waals surface area contributed by atoms with Crippen molar-refractivity contribution in [1.29, 1.82) is 5.26 Å². The van der Waals surface area contributed by atoms with Gasteiger partial charge in [-0.05, 0) is 26.5 Å². The maximum atomic E-state index is 9.21. The van der Waals surface area contributed by atoms with Crippen LogP contribution in [0.25, 0.3) is 0 Å². The van der Waals surface area contributed by atoms with E-state index in [1.165, 1.54) is 0 Å². The lowest BCUT2D eigenvalue weighted by Crippen LogP contribution is -2.43. The minimum atomic E-state index is 0.119. The number of likely N-dealkylation sites (N-methyl/N-ethyl adjacent to an activating group) is 1. The maximum absolute atomic E-state index is 9.21. The van der Waals surface area contributed by atoms with Crippen molar-refractivity contribution in [3.05, 3.63) is 16.8 Å². The molecular formula is C13H19N5O. The lowest BCUT2D eigenvalue weighted by atomic mass is 10.1. The van der Waals surface area contributed by atoms with E-state index in [0.29, 0.717) is 17.9 Å². The minimum absolute atomic E-state index is 0.119. The molecule has 0 spiro atoms. The van der Waals surface area contributed by atoms with E-state index in [1.54, 1.807) is 0 Å². The summed E-state index contributed by atoms with van der Waals surface area (Å²) in [6.45, 7) is 6.96. The van der Waals surface area contributed by atoms with E-state index < -0.39 is 0 Å². The molecule has 0 aliphatic carbocycles. The number of morpholine rings is 1. The van der Waals surface area contributed by atoms with E-state index in [0.717, 1.165) is 31.0 Å². The number of hydrogen-bond donors (Lipinski definition) is 1. The second-order valence-electron chi connectivity index (χ2n) is 4.88. The van der Waals surface area contributed by atoms with Crippen LogP contribution in [0, 0.1) is 25.2 Å². The summed E-state index contributed by atoms with van der Waals surface area (Å²) in [6, 6.07) is 2.18. The van der Waals surface area contributed by atoms with Crippen molar-refractivity contribution in [2.45, 2.75) is 20.0 Å². The molecule has 2 rings (SSSR count). The summed E-state index contributed by atoms with van der Waals surface area (Å²) in [6.07, 6.45) is 0.119. The Morgan fingerprint density at radius 1 is 1.47 bits per heavy atom. The highest BCUT2D eigenvalue weighted by atomic mass is 16.5. The monoisotopic (exact) mass is 261 g/mol. The highest BCUT2D eigenvalue weighted by molar-refractivity contribution is 5.55. The molecule has 19 heavy (non-hydrogen) atoms. The summed E-state index contributed by atoms with van der Waals surface area (Å²) in [5.41, 5.74) is 2.23. The molecule has 0 amide bonds. The van der Waals surface area contributed by atoms with E-state index in [9.17, 15) is 5.26 Å². The Labute approximate surface area is 113 Å². The highest BCUT2D eigenvalue weighted by Crippen LogP contribution is 2.17. The van der Waals surface area contributed by atoms with Gasteiger partial charge in [0, 0.05) is 19.6 Å². The zero-order chi connectivity index (χ0) is 13.8. The van der Waals surface area contributed by atoms with Crippen LogP contribution in [0.5, 0.6) is 0 Å². The van der Waals surface area contributed by atoms with Crippen molar-refractivity contribution in [3.8, 4) is 6.07 Å². The Morgan fingerprint density at radius 3 is 2.95 bits per heavy atom. The van der Waals surface area contributed by atoms with Gasteiger partial charge in [-0.15, -0.1) is 5.10 Å². The highest BCUT2D eigenvalue weighted by Gasteiger charge is 2.18. The molecule has 6 heteroatoms. The van der Waals surface area contributed by atoms with E-state index in [2.05, 4.69) is 33.5 Å². The first-order chi connectivity index (χ1) is 9.11. The summed E-state index contributed by atoms with van der Waals surface area (Å²) in [4.78, 5) is 2.23. The third-order valence-corrected chi connectivity index (χ3v) is 3.41. The van der Waals surface area contributed by atoms with Gasteiger partial charge in [0.1, 0.15) is 11.6 Å². The zero-order valence-corrected chi connectivity index (χ0v) is 11.6. The second-order valence-corrected chi connectivity index (χ2v) is 4.88. The molecule has 102 valence electrons. The number of ether oxygens (including phenoxy) is 1. The summed E-state index contributed by atoms with van der Waals surface area (Å²) in [5.74, 6) is 0.544. The quantitative estimate of drug-likeness (QED) is 0.863. The average Bonchev–Trinajstić information content (AvgIpc) is 2.40. The van der Waals surface area contributed by atoms with Crippen LogP contribution in [-0.2, 0) is 4.74 Å². The summed E-state index contributed by atoms with van der Waals surface area (Å²) < 4.78 is 5.66. The molecule has 1 N–H and O–H groups in total. The molecule has 1 unspecified atom stereocenters. The molecule has 1 aromatic rings. The lowest BCUT2D eigenvalue weighted by Gasteiger charge is -2.30. The fourth-order valence-electron chi connectivity index (χ4n) is 2.07. The summed E-state index contributed by atoms with van der Waals surface area (Å²) >= 11 is 0. The van der Waals surface area contributed by atoms with Gasteiger partial charge in [0.05, 0.1) is 18.4 Å². The summed E-state index contributed by atoms with van der Waals surface area (Å²) in [5, 5.41) is 20.5. The van der Waals surface area contributed by atoms with Crippen molar-refractivity contribution < 1.29 is 4.74 Å². The Morgan fingerprint density at radius 2 is 2.26 bits per heavy atom. The number of aryl methyl sites for hydroxylation is 1. The average molecular weight is 261 g/mol. The van der Waals surface area contributed by atoms with Crippen molar-refractivity contribution in [2.75, 3.05) is 38.6 Å². The zero-order valence-electron chi connectivity index (χ0n) is 11.6. The molecule has 0 bridgehead atoms. The van der Waals surface area contributed by atoms with E-state index >= 15 is 0 Å². The predicted molar refractivity (Wildman–Crippen MR) is 71.9 cm³/mol. The molecule has 1 fully saturated rings. The first kappa shape index (κ1) is 13.7. The van der Waals surface area contributed by atoms with Gasteiger partial charge >= 0.3 is 0 Å². The lowest BCUT2D eigenvalue weighted by molar-refractivity contribution is -0.0117. The fourth-order valence-corrected chi connectivity index (χ4v) is 2.07. The van der Waals surface area contributed by atoms with Crippen LogP contribution in [0.4, 0.5) is 5.82 Å². The molecule has 6 nitrogen and oxygen atoms in total. The van der Waals surface area contributed by atoms with Gasteiger partial charge in [-0.1, -0.05) is 0 Å². The smallest absolute Gasteiger partial charge is 0.167 e. The molecule has 0 aromatic carbocycles. The maximum Gasteiger partial charge on any atom is 0.167 e. The normalized spacial score (nSPS) is 20.0. The molecule has 2 heterocycles. The molecule has 1 aliphatic rings. The van der Waals surface area contributed by atoms with Crippen LogP contribution in [-0.4, -0.2) is 54.5 Å². The number of nitrogens with one attached hydrogen (secondary N) is 1. The number of hydrogen-bond acceptors (Lipinski definition) is 6. The van der Waals surface area contributed by atoms with Gasteiger partial charge in [-0.3, -0.25) is 0 Å². The van der Waals surface area contributed by atoms with Gasteiger partial charge in [0.25, 0.3) is 0 Å². The van der Waals surface area contributed by atoms with Crippen molar-refractivity contribution in [3.63, 3.8) is 0 Å². The molecule has 1 aliphatic heterocycles. The molecule has 0 radical (unpaired) electrons. The Balaban J connectivity index is 2.04. The van der Waals surface area contributed by atoms with E-state index in [-0.39, 0.29) is 6.10 Å². The third-order valence-electron chi connectivity index (χ3n) is 3.41. The van der Waals surface area contributed by atoms with Gasteiger partial charge in [-0.2, -0.15) is 10.4 Å². The second kappa shape index (κ2) is 5.95. The SMILES string of the molecule is Cc1nnc(NCC2CN(C)CCO2)c(C#N)c1C. The summed E-state index contributed by atoms with van der Waals surface area (Å²) in [7, 11) is 2.08. The first-order valence-electron chi connectivity index (χ1n) is 6.39. The number of anilines is 1. The van der Waals surface area contributed by atoms with Crippen LogP contribution in [0.15, 0.2) is 0 Å². The van der Waals surface area contributed by atoms with Gasteiger partial charge in [0.15, 0.2) is 5.82 Å². The van der Waals surface area contributed by atoms with E-state index in [4.69, 9.17) is 4.74 Å². The fraction of sp³-hybridized carbons (Fsp3) is 0.615. The molecule has 1 saturated heterocycles. The van der Waals surface area contributed by atoms with Crippen LogP contribution in [0.1, 0.15) is 16.8 Å². The third kappa shape index (κ3) is 3.19. The Bertz CT molecular complexity index is 497. The van der Waals surface area contributed by atoms with E-state index in [1.807, 2.05) is 13.8 Å². The standard InChI is InChI=1S/C13H19N5O/c1-9-10(2)16-17-13(12(9)6-14)15-7-11-8-18(3)4-5-19-11/h11H,4-5,7-8H2,1-3H3,(H,15,17). The van der Waals surface area contributed by atoms with Gasteiger partial charge < -0.3 is 15.0 Å². The minimum Gasteiger partial charge on any atom is -0.374 e. The number of aromatic nitrogens is 2. The van der Waals surface area contributed by atoms with Gasteiger partial charge in [-0.25, -0.2) is 0 Å². The topological polar surface area (TPSA) is 74.1 Å². The first-order valence-corrected chi connectivity index (χ1v) is 6.39.